The summed E-state index contributed by atoms with van der Waals surface area (Å²) in [5.41, 5.74) is 1.12. The number of hydrogen-bond donors (Lipinski definition) is 1. The maximum Gasteiger partial charge on any atom is 0.0942 e. The van der Waals surface area contributed by atoms with Crippen LogP contribution in [0.4, 0.5) is 0 Å². The number of nitrogens with one attached hydrogen (secondary N) is 1. The fourth-order valence-electron chi connectivity index (χ4n) is 2.45. The number of hydrogen-bond acceptors (Lipinski definition) is 3. The minimum Gasteiger partial charge on any atom is -0.314 e. The van der Waals surface area contributed by atoms with E-state index in [0.717, 1.165) is 23.5 Å². The van der Waals surface area contributed by atoms with Gasteiger partial charge in [-0.1, -0.05) is 6.92 Å². The Morgan fingerprint density at radius 2 is 2.35 bits per heavy atom. The van der Waals surface area contributed by atoms with E-state index in [1.165, 1.54) is 30.7 Å². The molecule has 1 aromatic heterocycles. The highest BCUT2D eigenvalue weighted by Gasteiger charge is 2.25. The molecule has 1 N–H and O–H groups in total. The lowest BCUT2D eigenvalue weighted by atomic mass is 10.2. The van der Waals surface area contributed by atoms with Crippen LogP contribution in [0.1, 0.15) is 38.3 Å². The quantitative estimate of drug-likeness (QED) is 0.875. The third-order valence-corrected chi connectivity index (χ3v) is 4.70. The average Bonchev–Trinajstić information content (AvgIpc) is 2.84. The molecule has 0 aromatic carbocycles. The molecular weight excluding hydrogens is 230 g/mol. The van der Waals surface area contributed by atoms with Crippen molar-refractivity contribution in [1.29, 1.82) is 0 Å². The fourth-order valence-corrected chi connectivity index (χ4v) is 3.80. The van der Waals surface area contributed by atoms with Crippen molar-refractivity contribution in [2.75, 3.05) is 6.54 Å². The minimum atomic E-state index is 0.738. The lowest BCUT2D eigenvalue weighted by molar-refractivity contribution is 0.524. The average molecular weight is 253 g/mol. The molecule has 1 aromatic rings. The lowest BCUT2D eigenvalue weighted by Crippen LogP contribution is -2.27. The van der Waals surface area contributed by atoms with Crippen molar-refractivity contribution in [3.8, 4) is 0 Å². The monoisotopic (exact) mass is 253 g/mol. The molecule has 0 radical (unpaired) electrons. The summed E-state index contributed by atoms with van der Waals surface area (Å²) in [7, 11) is 2.04. The minimum absolute atomic E-state index is 0.738. The van der Waals surface area contributed by atoms with Gasteiger partial charge in [0.1, 0.15) is 0 Å². The summed E-state index contributed by atoms with van der Waals surface area (Å²) in [4.78, 5) is 0. The van der Waals surface area contributed by atoms with E-state index in [1.54, 1.807) is 0 Å². The molecule has 3 nitrogen and oxygen atoms in total. The van der Waals surface area contributed by atoms with Gasteiger partial charge in [-0.15, -0.1) is 11.8 Å². The van der Waals surface area contributed by atoms with Crippen LogP contribution in [0.3, 0.4) is 0 Å². The van der Waals surface area contributed by atoms with Crippen LogP contribution in [-0.2, 0) is 7.05 Å². The molecule has 1 heterocycles. The molecule has 0 spiro atoms. The van der Waals surface area contributed by atoms with Crippen LogP contribution in [0.15, 0.2) is 11.1 Å². The highest BCUT2D eigenvalue weighted by Crippen LogP contribution is 2.34. The summed E-state index contributed by atoms with van der Waals surface area (Å²) < 4.78 is 2.01. The van der Waals surface area contributed by atoms with Crippen LogP contribution >= 0.6 is 11.8 Å². The molecule has 0 saturated heterocycles. The SMILES string of the molecule is CCCNC1CCC(Sc2cc(C)nn2C)C1. The molecule has 1 aliphatic rings. The topological polar surface area (TPSA) is 29.9 Å². The first-order valence-electron chi connectivity index (χ1n) is 6.59. The van der Waals surface area contributed by atoms with E-state index >= 15 is 0 Å². The highest BCUT2D eigenvalue weighted by molar-refractivity contribution is 7.99. The van der Waals surface area contributed by atoms with Crippen LogP contribution in [-0.4, -0.2) is 27.6 Å². The van der Waals surface area contributed by atoms with Crippen LogP contribution < -0.4 is 5.32 Å². The third kappa shape index (κ3) is 3.49. The molecule has 17 heavy (non-hydrogen) atoms. The Bertz CT molecular complexity index is 362. The van der Waals surface area contributed by atoms with Gasteiger partial charge >= 0.3 is 0 Å². The molecule has 0 aliphatic heterocycles. The summed E-state index contributed by atoms with van der Waals surface area (Å²) in [5.74, 6) is 0. The summed E-state index contributed by atoms with van der Waals surface area (Å²) in [6, 6.07) is 2.93. The van der Waals surface area contributed by atoms with Crippen LogP contribution in [0.25, 0.3) is 0 Å². The van der Waals surface area contributed by atoms with E-state index in [9.17, 15) is 0 Å². The second-order valence-electron chi connectivity index (χ2n) is 4.95. The Kier molecular flexibility index (Phi) is 4.51. The molecule has 2 rings (SSSR count). The van der Waals surface area contributed by atoms with E-state index < -0.39 is 0 Å². The lowest BCUT2D eigenvalue weighted by Gasteiger charge is -2.12. The van der Waals surface area contributed by atoms with E-state index in [1.807, 2.05) is 23.5 Å². The van der Waals surface area contributed by atoms with Gasteiger partial charge in [-0.2, -0.15) is 5.10 Å². The van der Waals surface area contributed by atoms with Crippen LogP contribution in [0, 0.1) is 6.92 Å². The molecule has 0 amide bonds. The van der Waals surface area contributed by atoms with Gasteiger partial charge in [0.05, 0.1) is 10.7 Å². The summed E-state index contributed by atoms with van der Waals surface area (Å²) in [5, 5.41) is 10.1. The number of thioether (sulfide) groups is 1. The van der Waals surface area contributed by atoms with Gasteiger partial charge in [0.15, 0.2) is 0 Å². The van der Waals surface area contributed by atoms with Gasteiger partial charge < -0.3 is 5.32 Å². The highest BCUT2D eigenvalue weighted by atomic mass is 32.2. The Labute approximate surface area is 108 Å². The number of aromatic nitrogens is 2. The number of rotatable bonds is 5. The predicted octanol–water partition coefficient (Wildman–Crippen LogP) is 2.74. The normalized spacial score (nSPS) is 24.4. The molecule has 4 heteroatoms. The first kappa shape index (κ1) is 13.0. The standard InChI is InChI=1S/C13H23N3S/c1-4-7-14-11-5-6-12(9-11)17-13-8-10(2)15-16(13)3/h8,11-12,14H,4-7,9H2,1-3H3. The Balaban J connectivity index is 1.83. The van der Waals surface area contributed by atoms with Crippen molar-refractivity contribution in [3.05, 3.63) is 11.8 Å². The predicted molar refractivity (Wildman–Crippen MR) is 73.5 cm³/mol. The smallest absolute Gasteiger partial charge is 0.0942 e. The first-order chi connectivity index (χ1) is 8.19. The Hall–Kier alpha value is -0.480. The fraction of sp³-hybridized carbons (Fsp3) is 0.769. The molecule has 0 bridgehead atoms. The first-order valence-corrected chi connectivity index (χ1v) is 7.47. The summed E-state index contributed by atoms with van der Waals surface area (Å²) in [6.07, 6.45) is 5.19. The van der Waals surface area contributed by atoms with Crippen molar-refractivity contribution >= 4 is 11.8 Å². The van der Waals surface area contributed by atoms with Gasteiger partial charge in [-0.05, 0) is 45.2 Å². The van der Waals surface area contributed by atoms with Crippen molar-refractivity contribution < 1.29 is 0 Å². The van der Waals surface area contributed by atoms with Gasteiger partial charge in [-0.25, -0.2) is 0 Å². The second kappa shape index (κ2) is 5.91. The van der Waals surface area contributed by atoms with Gasteiger partial charge in [-0.3, -0.25) is 4.68 Å². The van der Waals surface area contributed by atoms with Crippen molar-refractivity contribution in [1.82, 2.24) is 15.1 Å². The zero-order chi connectivity index (χ0) is 12.3. The van der Waals surface area contributed by atoms with Crippen molar-refractivity contribution in [3.63, 3.8) is 0 Å². The molecule has 2 atom stereocenters. The summed E-state index contributed by atoms with van der Waals surface area (Å²) in [6.45, 7) is 5.45. The van der Waals surface area contributed by atoms with Gasteiger partial charge in [0.2, 0.25) is 0 Å². The van der Waals surface area contributed by atoms with Crippen LogP contribution in [0.2, 0.25) is 0 Å². The molecule has 1 aliphatic carbocycles. The van der Waals surface area contributed by atoms with Crippen molar-refractivity contribution in [2.45, 2.75) is 55.8 Å². The molecule has 1 saturated carbocycles. The second-order valence-corrected chi connectivity index (χ2v) is 6.27. The molecule has 1 fully saturated rings. The van der Waals surface area contributed by atoms with E-state index in [-0.39, 0.29) is 0 Å². The van der Waals surface area contributed by atoms with Crippen molar-refractivity contribution in [2.24, 2.45) is 7.05 Å². The molecule has 2 unspecified atom stereocenters. The zero-order valence-electron chi connectivity index (χ0n) is 11.1. The molecule has 96 valence electrons. The number of aryl methyl sites for hydroxylation is 2. The largest absolute Gasteiger partial charge is 0.314 e. The maximum absolute atomic E-state index is 4.40. The van der Waals surface area contributed by atoms with E-state index in [4.69, 9.17) is 0 Å². The van der Waals surface area contributed by atoms with Crippen LogP contribution in [0.5, 0.6) is 0 Å². The number of nitrogens with zero attached hydrogens (tertiary/aromatic N) is 2. The zero-order valence-corrected chi connectivity index (χ0v) is 11.9. The molecular formula is C13H23N3S. The Morgan fingerprint density at radius 1 is 1.53 bits per heavy atom. The van der Waals surface area contributed by atoms with E-state index in [2.05, 4.69) is 30.3 Å². The van der Waals surface area contributed by atoms with Gasteiger partial charge in [0, 0.05) is 18.3 Å². The van der Waals surface area contributed by atoms with E-state index in [0.29, 0.717) is 0 Å². The summed E-state index contributed by atoms with van der Waals surface area (Å²) >= 11 is 2.00. The third-order valence-electron chi connectivity index (χ3n) is 3.31. The Morgan fingerprint density at radius 3 is 3.00 bits per heavy atom. The van der Waals surface area contributed by atoms with Gasteiger partial charge in [0.25, 0.3) is 0 Å². The maximum atomic E-state index is 4.40.